The molecule has 4 rings (SSSR count). The highest BCUT2D eigenvalue weighted by Gasteiger charge is 2.30. The van der Waals surface area contributed by atoms with E-state index in [4.69, 9.17) is 9.47 Å². The van der Waals surface area contributed by atoms with Crippen LogP contribution in [0.5, 0.6) is 5.75 Å². The summed E-state index contributed by atoms with van der Waals surface area (Å²) in [7, 11) is -3.69. The summed E-state index contributed by atoms with van der Waals surface area (Å²) < 4.78 is 38.0. The second-order valence-electron chi connectivity index (χ2n) is 7.56. The zero-order chi connectivity index (χ0) is 24.1. The van der Waals surface area contributed by atoms with Gasteiger partial charge in [0.05, 0.1) is 22.8 Å². The van der Waals surface area contributed by atoms with Crippen LogP contribution in [0.2, 0.25) is 0 Å². The Morgan fingerprint density at radius 2 is 1.68 bits per heavy atom. The monoisotopic (exact) mass is 480 g/mol. The summed E-state index contributed by atoms with van der Waals surface area (Å²) in [6.45, 7) is 2.16. The lowest BCUT2D eigenvalue weighted by Gasteiger charge is -2.19. The highest BCUT2D eigenvalue weighted by molar-refractivity contribution is 7.92. The molecule has 0 atom stereocenters. The fourth-order valence-electron chi connectivity index (χ4n) is 3.64. The maximum atomic E-state index is 13.1. The molecule has 0 fully saturated rings. The number of hydrogen-bond donors (Lipinski definition) is 1. The molecule has 3 aromatic rings. The highest BCUT2D eigenvalue weighted by atomic mass is 32.2. The Morgan fingerprint density at radius 3 is 2.38 bits per heavy atom. The molecule has 0 aliphatic carbocycles. The largest absolute Gasteiger partial charge is 0.484 e. The van der Waals surface area contributed by atoms with Crippen LogP contribution in [0.25, 0.3) is 0 Å². The summed E-state index contributed by atoms with van der Waals surface area (Å²) in [5.74, 6) is -0.453. The number of amides is 1. The average Bonchev–Trinajstić information content (AvgIpc) is 3.29. The normalized spacial score (nSPS) is 12.7. The van der Waals surface area contributed by atoms with Crippen LogP contribution in [0.4, 0.5) is 11.4 Å². The van der Waals surface area contributed by atoms with Crippen LogP contribution in [-0.4, -0.2) is 40.1 Å². The summed E-state index contributed by atoms with van der Waals surface area (Å²) >= 11 is 0. The third kappa shape index (κ3) is 5.04. The maximum absolute atomic E-state index is 13.1. The van der Waals surface area contributed by atoms with Crippen molar-refractivity contribution in [2.45, 2.75) is 18.2 Å². The standard InChI is InChI=1S/C25H24N2O6S/c1-2-32-25(29)19-7-9-20(10-8-19)26-24(28)17-33-21-11-13-22(14-12-21)34(30,31)27-16-15-18-5-3-4-6-23(18)27/h3-14H,2,15-17H2,1H3,(H,26,28). The Hall–Kier alpha value is -3.85. The van der Waals surface area contributed by atoms with Crippen LogP contribution in [0.1, 0.15) is 22.8 Å². The van der Waals surface area contributed by atoms with Crippen molar-refractivity contribution in [3.05, 3.63) is 83.9 Å². The van der Waals surface area contributed by atoms with Gasteiger partial charge in [0.15, 0.2) is 6.61 Å². The third-order valence-electron chi connectivity index (χ3n) is 5.31. The number of nitrogens with one attached hydrogen (secondary N) is 1. The number of fused-ring (bicyclic) bond motifs is 1. The minimum absolute atomic E-state index is 0.155. The first kappa shape index (κ1) is 23.3. The molecule has 1 aliphatic heterocycles. The molecule has 1 heterocycles. The lowest BCUT2D eigenvalue weighted by atomic mass is 10.2. The Kier molecular flexibility index (Phi) is 6.83. The van der Waals surface area contributed by atoms with Crippen molar-refractivity contribution in [3.63, 3.8) is 0 Å². The Bertz CT molecular complexity index is 1290. The van der Waals surface area contributed by atoms with E-state index in [0.29, 0.717) is 35.7 Å². The zero-order valence-corrected chi connectivity index (χ0v) is 19.4. The number of ether oxygens (including phenoxy) is 2. The van der Waals surface area contributed by atoms with Gasteiger partial charge in [-0.25, -0.2) is 13.2 Å². The zero-order valence-electron chi connectivity index (χ0n) is 18.6. The Labute approximate surface area is 198 Å². The number of anilines is 2. The number of carbonyl (C=O) groups excluding carboxylic acids is 2. The highest BCUT2D eigenvalue weighted by Crippen LogP contribution is 2.33. The van der Waals surface area contributed by atoms with Crippen molar-refractivity contribution in [3.8, 4) is 5.75 Å². The Morgan fingerprint density at radius 1 is 0.971 bits per heavy atom. The number of para-hydroxylation sites is 1. The molecule has 0 spiro atoms. The summed E-state index contributed by atoms with van der Waals surface area (Å²) in [5, 5.41) is 2.67. The summed E-state index contributed by atoms with van der Waals surface area (Å²) in [5.41, 5.74) is 2.61. The van der Waals surface area contributed by atoms with E-state index in [1.165, 1.54) is 28.6 Å². The van der Waals surface area contributed by atoms with E-state index in [2.05, 4.69) is 5.32 Å². The van der Waals surface area contributed by atoms with Gasteiger partial charge in [-0.2, -0.15) is 0 Å². The molecule has 1 N–H and O–H groups in total. The number of carbonyl (C=O) groups is 2. The third-order valence-corrected chi connectivity index (χ3v) is 7.13. The Balaban J connectivity index is 1.33. The first-order chi connectivity index (χ1) is 16.4. The van der Waals surface area contributed by atoms with Gasteiger partial charge in [-0.1, -0.05) is 18.2 Å². The van der Waals surface area contributed by atoms with E-state index in [1.54, 1.807) is 37.3 Å². The number of benzene rings is 3. The lowest BCUT2D eigenvalue weighted by molar-refractivity contribution is -0.118. The second-order valence-corrected chi connectivity index (χ2v) is 9.42. The van der Waals surface area contributed by atoms with Crippen LogP contribution in [0, 0.1) is 0 Å². The predicted molar refractivity (Wildman–Crippen MR) is 128 cm³/mol. The molecule has 0 saturated heterocycles. The van der Waals surface area contributed by atoms with Gasteiger partial charge in [-0.05, 0) is 73.5 Å². The molecule has 3 aromatic carbocycles. The van der Waals surface area contributed by atoms with Gasteiger partial charge in [0.1, 0.15) is 5.75 Å². The van der Waals surface area contributed by atoms with Gasteiger partial charge in [0.2, 0.25) is 0 Å². The first-order valence-electron chi connectivity index (χ1n) is 10.8. The van der Waals surface area contributed by atoms with Crippen LogP contribution < -0.4 is 14.4 Å². The van der Waals surface area contributed by atoms with Crippen molar-refractivity contribution in [1.29, 1.82) is 0 Å². The molecule has 0 bridgehead atoms. The van der Waals surface area contributed by atoms with Gasteiger partial charge in [-0.15, -0.1) is 0 Å². The van der Waals surface area contributed by atoms with Crippen molar-refractivity contribution in [2.75, 3.05) is 29.4 Å². The fourth-order valence-corrected chi connectivity index (χ4v) is 5.15. The molecule has 34 heavy (non-hydrogen) atoms. The molecule has 1 amide bonds. The smallest absolute Gasteiger partial charge is 0.338 e. The molecule has 0 aromatic heterocycles. The average molecular weight is 481 g/mol. The lowest BCUT2D eigenvalue weighted by Crippen LogP contribution is -2.29. The molecule has 0 radical (unpaired) electrons. The van der Waals surface area contributed by atoms with E-state index < -0.39 is 21.9 Å². The van der Waals surface area contributed by atoms with Crippen molar-refractivity contribution < 1.29 is 27.5 Å². The van der Waals surface area contributed by atoms with Crippen LogP contribution in [0.3, 0.4) is 0 Å². The van der Waals surface area contributed by atoms with E-state index in [9.17, 15) is 18.0 Å². The SMILES string of the molecule is CCOC(=O)c1ccc(NC(=O)COc2ccc(S(=O)(=O)N3CCc4ccccc43)cc2)cc1. The van der Waals surface area contributed by atoms with E-state index >= 15 is 0 Å². The topological polar surface area (TPSA) is 102 Å². The van der Waals surface area contributed by atoms with Gasteiger partial charge in [0.25, 0.3) is 15.9 Å². The van der Waals surface area contributed by atoms with E-state index in [-0.39, 0.29) is 18.1 Å². The maximum Gasteiger partial charge on any atom is 0.338 e. The molecular formula is C25H24N2O6S. The van der Waals surface area contributed by atoms with Crippen LogP contribution in [-0.2, 0) is 26.0 Å². The number of esters is 1. The number of nitrogens with zero attached hydrogens (tertiary/aromatic N) is 1. The van der Waals surface area contributed by atoms with Crippen molar-refractivity contribution in [2.24, 2.45) is 0 Å². The van der Waals surface area contributed by atoms with Gasteiger partial charge in [-0.3, -0.25) is 9.10 Å². The van der Waals surface area contributed by atoms with Gasteiger partial charge < -0.3 is 14.8 Å². The minimum atomic E-state index is -3.69. The van der Waals surface area contributed by atoms with Crippen molar-refractivity contribution in [1.82, 2.24) is 0 Å². The van der Waals surface area contributed by atoms with Crippen molar-refractivity contribution >= 4 is 33.3 Å². The number of rotatable bonds is 8. The number of sulfonamides is 1. The second kappa shape index (κ2) is 9.96. The summed E-state index contributed by atoms with van der Waals surface area (Å²) in [6, 6.07) is 19.8. The summed E-state index contributed by atoms with van der Waals surface area (Å²) in [6.07, 6.45) is 0.678. The summed E-state index contributed by atoms with van der Waals surface area (Å²) in [4.78, 5) is 24.0. The first-order valence-corrected chi connectivity index (χ1v) is 12.2. The predicted octanol–water partition coefficient (Wildman–Crippen LogP) is 3.63. The van der Waals surface area contributed by atoms with E-state index in [1.807, 2.05) is 18.2 Å². The molecular weight excluding hydrogens is 456 g/mol. The molecule has 8 nitrogen and oxygen atoms in total. The molecule has 0 unspecified atom stereocenters. The number of hydrogen-bond acceptors (Lipinski definition) is 6. The van der Waals surface area contributed by atoms with Gasteiger partial charge >= 0.3 is 5.97 Å². The van der Waals surface area contributed by atoms with Crippen LogP contribution >= 0.6 is 0 Å². The fraction of sp³-hybridized carbons (Fsp3) is 0.200. The van der Waals surface area contributed by atoms with Gasteiger partial charge in [0, 0.05) is 12.2 Å². The molecule has 0 saturated carbocycles. The minimum Gasteiger partial charge on any atom is -0.484 e. The van der Waals surface area contributed by atoms with E-state index in [0.717, 1.165) is 5.56 Å². The molecule has 1 aliphatic rings. The van der Waals surface area contributed by atoms with Crippen LogP contribution in [0.15, 0.2) is 77.7 Å². The quantitative estimate of drug-likeness (QED) is 0.494. The molecule has 9 heteroatoms. The molecule has 176 valence electrons.